The molecule has 3 heteroatoms. The lowest BCUT2D eigenvalue weighted by atomic mass is 9.81. The Hall–Kier alpha value is -0.410. The Labute approximate surface area is 111 Å². The first-order valence-electron chi connectivity index (χ1n) is 7.50. The molecule has 0 N–H and O–H groups in total. The van der Waals surface area contributed by atoms with Crippen LogP contribution in [0.3, 0.4) is 0 Å². The van der Waals surface area contributed by atoms with Gasteiger partial charge in [0.2, 0.25) is 0 Å². The molecule has 0 atom stereocenters. The van der Waals surface area contributed by atoms with E-state index in [-0.39, 0.29) is 5.41 Å². The predicted octanol–water partition coefficient (Wildman–Crippen LogP) is 2.64. The molecule has 0 aromatic heterocycles. The Morgan fingerprint density at radius 3 is 2.33 bits per heavy atom. The van der Waals surface area contributed by atoms with Crippen LogP contribution in [0, 0.1) is 5.41 Å². The van der Waals surface area contributed by atoms with Crippen LogP contribution >= 0.6 is 0 Å². The first-order chi connectivity index (χ1) is 8.76. The second kappa shape index (κ2) is 6.67. The fourth-order valence-corrected chi connectivity index (χ4v) is 3.42. The Morgan fingerprint density at radius 1 is 1.17 bits per heavy atom. The van der Waals surface area contributed by atoms with E-state index in [0.29, 0.717) is 6.04 Å². The van der Waals surface area contributed by atoms with E-state index in [1.807, 2.05) is 0 Å². The maximum Gasteiger partial charge on any atom is 0.127 e. The summed E-state index contributed by atoms with van der Waals surface area (Å²) in [4.78, 5) is 13.9. The van der Waals surface area contributed by atoms with Crippen LogP contribution in [0.15, 0.2) is 0 Å². The minimum absolute atomic E-state index is 0.140. The van der Waals surface area contributed by atoms with Gasteiger partial charge in [-0.2, -0.15) is 0 Å². The van der Waals surface area contributed by atoms with Crippen molar-refractivity contribution in [3.63, 3.8) is 0 Å². The summed E-state index contributed by atoms with van der Waals surface area (Å²) in [7, 11) is 2.21. The van der Waals surface area contributed by atoms with Crippen LogP contribution in [0.25, 0.3) is 0 Å². The van der Waals surface area contributed by atoms with Crippen LogP contribution in [-0.2, 0) is 9.53 Å². The highest BCUT2D eigenvalue weighted by Gasteiger charge is 2.34. The van der Waals surface area contributed by atoms with E-state index < -0.39 is 0 Å². The molecule has 3 nitrogen and oxygen atoms in total. The molecule has 0 unspecified atom stereocenters. The highest BCUT2D eigenvalue weighted by atomic mass is 16.5. The quantitative estimate of drug-likeness (QED) is 0.570. The topological polar surface area (TPSA) is 29.5 Å². The number of carbonyl (C=O) groups excluding carboxylic acids is 1. The fourth-order valence-electron chi connectivity index (χ4n) is 3.42. The predicted molar refractivity (Wildman–Crippen MR) is 72.7 cm³/mol. The number of carbonyl (C=O) groups is 1. The molecule has 1 aliphatic heterocycles. The van der Waals surface area contributed by atoms with E-state index in [2.05, 4.69) is 11.9 Å². The van der Waals surface area contributed by atoms with Crippen molar-refractivity contribution >= 4 is 6.29 Å². The Bertz CT molecular complexity index is 253. The molecule has 0 aromatic carbocycles. The minimum atomic E-state index is -0.140. The van der Waals surface area contributed by atoms with Crippen molar-refractivity contribution in [2.75, 3.05) is 26.8 Å². The van der Waals surface area contributed by atoms with Gasteiger partial charge < -0.3 is 14.4 Å². The maximum atomic E-state index is 11.5. The van der Waals surface area contributed by atoms with Gasteiger partial charge in [0.25, 0.3) is 0 Å². The molecule has 1 aliphatic carbocycles. The molecule has 0 amide bonds. The average molecular weight is 253 g/mol. The number of hydrogen-bond donors (Lipinski definition) is 0. The van der Waals surface area contributed by atoms with E-state index in [4.69, 9.17) is 4.74 Å². The van der Waals surface area contributed by atoms with Gasteiger partial charge in [-0.3, -0.25) is 0 Å². The molecule has 18 heavy (non-hydrogen) atoms. The molecule has 2 fully saturated rings. The van der Waals surface area contributed by atoms with Crippen molar-refractivity contribution in [2.45, 2.75) is 57.4 Å². The molecule has 0 aromatic rings. The van der Waals surface area contributed by atoms with Gasteiger partial charge in [-0.1, -0.05) is 25.7 Å². The summed E-state index contributed by atoms with van der Waals surface area (Å²) in [5.41, 5.74) is -0.140. The van der Waals surface area contributed by atoms with Crippen LogP contribution in [0.4, 0.5) is 0 Å². The van der Waals surface area contributed by atoms with E-state index in [9.17, 15) is 4.79 Å². The number of rotatable bonds is 4. The first-order valence-corrected chi connectivity index (χ1v) is 7.50. The van der Waals surface area contributed by atoms with Gasteiger partial charge >= 0.3 is 0 Å². The maximum absolute atomic E-state index is 11.5. The molecule has 0 spiro atoms. The summed E-state index contributed by atoms with van der Waals surface area (Å²) < 4.78 is 5.40. The van der Waals surface area contributed by atoms with Gasteiger partial charge in [0.1, 0.15) is 6.29 Å². The van der Waals surface area contributed by atoms with Gasteiger partial charge in [-0.15, -0.1) is 0 Å². The second-order valence-electron chi connectivity index (χ2n) is 6.15. The van der Waals surface area contributed by atoms with Crippen LogP contribution in [0.2, 0.25) is 0 Å². The Kier molecular flexibility index (Phi) is 5.19. The molecule has 0 radical (unpaired) electrons. The lowest BCUT2D eigenvalue weighted by Gasteiger charge is -2.38. The molecular weight excluding hydrogens is 226 g/mol. The zero-order valence-electron chi connectivity index (χ0n) is 11.7. The monoisotopic (exact) mass is 253 g/mol. The lowest BCUT2D eigenvalue weighted by Crippen LogP contribution is -2.44. The Morgan fingerprint density at radius 2 is 1.78 bits per heavy atom. The smallest absolute Gasteiger partial charge is 0.127 e. The molecule has 1 saturated heterocycles. The Balaban J connectivity index is 1.91. The normalized spacial score (nSPS) is 25.9. The van der Waals surface area contributed by atoms with Crippen molar-refractivity contribution in [1.29, 1.82) is 0 Å². The first kappa shape index (κ1) is 14.0. The largest absolute Gasteiger partial charge is 0.381 e. The third-order valence-electron chi connectivity index (χ3n) is 4.75. The fraction of sp³-hybridized carbons (Fsp3) is 0.933. The molecule has 2 rings (SSSR count). The molecular formula is C15H27NO2. The van der Waals surface area contributed by atoms with Gasteiger partial charge in [-0.05, 0) is 32.7 Å². The lowest BCUT2D eigenvalue weighted by molar-refractivity contribution is -0.123. The summed E-state index contributed by atoms with van der Waals surface area (Å²) in [5, 5.41) is 0. The van der Waals surface area contributed by atoms with E-state index in [1.54, 1.807) is 0 Å². The zero-order valence-corrected chi connectivity index (χ0v) is 11.7. The summed E-state index contributed by atoms with van der Waals surface area (Å²) in [5.74, 6) is 0. The molecule has 1 heterocycles. The summed E-state index contributed by atoms with van der Waals surface area (Å²) in [6, 6.07) is 0.687. The van der Waals surface area contributed by atoms with Gasteiger partial charge in [0, 0.05) is 31.2 Å². The van der Waals surface area contributed by atoms with Crippen LogP contribution in [0.1, 0.15) is 51.4 Å². The third kappa shape index (κ3) is 3.55. The average Bonchev–Trinajstić information content (AvgIpc) is 2.68. The highest BCUT2D eigenvalue weighted by molar-refractivity contribution is 5.60. The number of ether oxygens (including phenoxy) is 1. The number of aldehydes is 1. The summed E-state index contributed by atoms with van der Waals surface area (Å²) >= 11 is 0. The second-order valence-corrected chi connectivity index (χ2v) is 6.15. The SMILES string of the molecule is CN(CC1(C=O)CCOCC1)C1CCCCCC1. The standard InChI is InChI=1S/C15H27NO2/c1-16(14-6-4-2-3-5-7-14)12-15(13-17)8-10-18-11-9-15/h13-14H,2-12H2,1H3. The number of nitrogens with zero attached hydrogens (tertiary/aromatic N) is 1. The van der Waals surface area contributed by atoms with E-state index in [1.165, 1.54) is 44.8 Å². The van der Waals surface area contributed by atoms with Gasteiger partial charge in [0.05, 0.1) is 0 Å². The van der Waals surface area contributed by atoms with Crippen molar-refractivity contribution < 1.29 is 9.53 Å². The highest BCUT2D eigenvalue weighted by Crippen LogP contribution is 2.31. The van der Waals surface area contributed by atoms with Gasteiger partial charge in [-0.25, -0.2) is 0 Å². The molecule has 104 valence electrons. The summed E-state index contributed by atoms with van der Waals surface area (Å²) in [6.07, 6.45) is 11.1. The van der Waals surface area contributed by atoms with Crippen LogP contribution < -0.4 is 0 Å². The van der Waals surface area contributed by atoms with E-state index >= 15 is 0 Å². The number of hydrogen-bond acceptors (Lipinski definition) is 3. The third-order valence-corrected chi connectivity index (χ3v) is 4.75. The van der Waals surface area contributed by atoms with Crippen LogP contribution in [0.5, 0.6) is 0 Å². The molecule has 0 bridgehead atoms. The van der Waals surface area contributed by atoms with Crippen LogP contribution in [-0.4, -0.2) is 44.0 Å². The van der Waals surface area contributed by atoms with Crippen molar-refractivity contribution in [3.05, 3.63) is 0 Å². The molecule has 2 aliphatic rings. The van der Waals surface area contributed by atoms with Crippen molar-refractivity contribution in [2.24, 2.45) is 5.41 Å². The van der Waals surface area contributed by atoms with E-state index in [0.717, 1.165) is 32.6 Å². The van der Waals surface area contributed by atoms with Crippen molar-refractivity contribution in [1.82, 2.24) is 4.90 Å². The molecule has 1 saturated carbocycles. The van der Waals surface area contributed by atoms with Gasteiger partial charge in [0.15, 0.2) is 0 Å². The minimum Gasteiger partial charge on any atom is -0.381 e. The van der Waals surface area contributed by atoms with Crippen molar-refractivity contribution in [3.8, 4) is 0 Å². The summed E-state index contributed by atoms with van der Waals surface area (Å²) in [6.45, 7) is 2.42. The zero-order chi connectivity index (χ0) is 12.8.